The van der Waals surface area contributed by atoms with Crippen LogP contribution in [0.4, 0.5) is 24.0 Å². The van der Waals surface area contributed by atoms with Crippen molar-refractivity contribution in [2.45, 2.75) is 13.0 Å². The van der Waals surface area contributed by atoms with Gasteiger partial charge in [0.1, 0.15) is 0 Å². The number of thiazole rings is 1. The van der Waals surface area contributed by atoms with E-state index in [2.05, 4.69) is 10.3 Å². The summed E-state index contributed by atoms with van der Waals surface area (Å²) < 4.78 is 45.4. The van der Waals surface area contributed by atoms with E-state index in [4.69, 9.17) is 10.5 Å². The Kier molecular flexibility index (Phi) is 6.39. The van der Waals surface area contributed by atoms with Crippen LogP contribution in [0.3, 0.4) is 0 Å². The van der Waals surface area contributed by atoms with E-state index in [1.165, 1.54) is 30.4 Å². The minimum absolute atomic E-state index is 0.183. The van der Waals surface area contributed by atoms with Crippen molar-refractivity contribution in [2.75, 3.05) is 17.6 Å². The summed E-state index contributed by atoms with van der Waals surface area (Å²) in [6.07, 6.45) is -1.25. The third-order valence-corrected chi connectivity index (χ3v) is 4.87. The number of rotatable bonds is 6. The van der Waals surface area contributed by atoms with Gasteiger partial charge in [0.05, 0.1) is 28.0 Å². The Bertz CT molecular complexity index is 1180. The molecule has 0 bridgehead atoms. The van der Waals surface area contributed by atoms with Gasteiger partial charge in [-0.05, 0) is 37.3 Å². The minimum atomic E-state index is -1.73. The summed E-state index contributed by atoms with van der Waals surface area (Å²) in [5, 5.41) is 4.54. The molecule has 0 aliphatic rings. The number of nitrogens with two attached hydrogens (primary N) is 1. The van der Waals surface area contributed by atoms with Crippen LogP contribution < -0.4 is 16.4 Å². The van der Waals surface area contributed by atoms with Crippen LogP contribution in [-0.4, -0.2) is 35.4 Å². The fourth-order valence-corrected chi connectivity index (χ4v) is 3.25. The third-order valence-electron chi connectivity index (χ3n) is 4.03. The Hall–Kier alpha value is -3.67. The lowest BCUT2D eigenvalue weighted by atomic mass is 10.2. The number of aromatic nitrogens is 1. The summed E-state index contributed by atoms with van der Waals surface area (Å²) in [6.45, 7) is 0.675. The van der Waals surface area contributed by atoms with Crippen LogP contribution in [0.25, 0.3) is 10.2 Å². The van der Waals surface area contributed by atoms with Crippen LogP contribution in [0, 0.1) is 17.5 Å². The van der Waals surface area contributed by atoms with Crippen molar-refractivity contribution in [2.24, 2.45) is 0 Å². The standard InChI is InChI=1S/C19H15F3N4O4S/c1-8(30-18(29)9-2-4-11-13(6-9)31-19(23)26-11)17(28)24-7-14(27)25-12-5-3-10(20)15(21)16(12)22/h2-6,8H,7H2,1H3,(H2,23,26)(H,24,28)(H,25,27). The average Bonchev–Trinajstić information content (AvgIpc) is 3.11. The number of halogens is 3. The predicted octanol–water partition coefficient (Wildman–Crippen LogP) is 2.60. The van der Waals surface area contributed by atoms with Gasteiger partial charge in [-0.3, -0.25) is 9.59 Å². The highest BCUT2D eigenvalue weighted by atomic mass is 32.1. The second-order valence-corrected chi connectivity index (χ2v) is 7.33. The van der Waals surface area contributed by atoms with Crippen LogP contribution in [0.1, 0.15) is 17.3 Å². The molecule has 8 nitrogen and oxygen atoms in total. The third kappa shape index (κ3) is 5.09. The zero-order valence-electron chi connectivity index (χ0n) is 15.9. The molecule has 2 aromatic carbocycles. The second-order valence-electron chi connectivity index (χ2n) is 6.27. The van der Waals surface area contributed by atoms with Gasteiger partial charge >= 0.3 is 5.97 Å². The summed E-state index contributed by atoms with van der Waals surface area (Å²) in [4.78, 5) is 40.2. The number of nitrogens with zero attached hydrogens (tertiary/aromatic N) is 1. The number of nitrogen functional groups attached to an aromatic ring is 1. The van der Waals surface area contributed by atoms with Crippen molar-refractivity contribution >= 4 is 50.2 Å². The smallest absolute Gasteiger partial charge is 0.338 e. The molecule has 31 heavy (non-hydrogen) atoms. The number of carbonyl (C=O) groups excluding carboxylic acids is 3. The van der Waals surface area contributed by atoms with Crippen LogP contribution in [0.2, 0.25) is 0 Å². The van der Waals surface area contributed by atoms with Gasteiger partial charge in [-0.25, -0.2) is 22.9 Å². The van der Waals surface area contributed by atoms with E-state index in [0.717, 1.165) is 6.07 Å². The number of anilines is 2. The zero-order chi connectivity index (χ0) is 22.7. The van der Waals surface area contributed by atoms with Crippen LogP contribution in [-0.2, 0) is 14.3 Å². The summed E-state index contributed by atoms with van der Waals surface area (Å²) in [7, 11) is 0. The number of fused-ring (bicyclic) bond motifs is 1. The summed E-state index contributed by atoms with van der Waals surface area (Å²) in [5.74, 6) is -7.17. The van der Waals surface area contributed by atoms with Gasteiger partial charge in [0.25, 0.3) is 5.91 Å². The van der Waals surface area contributed by atoms with E-state index in [9.17, 15) is 27.6 Å². The molecule has 4 N–H and O–H groups in total. The maximum atomic E-state index is 13.6. The monoisotopic (exact) mass is 452 g/mol. The Morgan fingerprint density at radius 2 is 1.90 bits per heavy atom. The molecule has 3 aromatic rings. The normalized spacial score (nSPS) is 11.7. The van der Waals surface area contributed by atoms with E-state index in [-0.39, 0.29) is 5.56 Å². The molecule has 0 aliphatic heterocycles. The summed E-state index contributed by atoms with van der Waals surface area (Å²) in [6, 6.07) is 6.07. The first-order valence-corrected chi connectivity index (χ1v) is 9.55. The molecule has 0 spiro atoms. The van der Waals surface area contributed by atoms with Crippen molar-refractivity contribution in [3.63, 3.8) is 0 Å². The minimum Gasteiger partial charge on any atom is -0.449 e. The number of benzene rings is 2. The number of carbonyl (C=O) groups is 3. The van der Waals surface area contributed by atoms with Gasteiger partial charge in [0.2, 0.25) is 5.91 Å². The number of hydrogen-bond donors (Lipinski definition) is 3. The van der Waals surface area contributed by atoms with E-state index in [1.54, 1.807) is 6.07 Å². The van der Waals surface area contributed by atoms with Crippen LogP contribution in [0.5, 0.6) is 0 Å². The van der Waals surface area contributed by atoms with E-state index < -0.39 is 53.6 Å². The maximum absolute atomic E-state index is 13.6. The number of amides is 2. The summed E-state index contributed by atoms with van der Waals surface area (Å²) >= 11 is 1.19. The molecule has 12 heteroatoms. The molecule has 3 rings (SSSR count). The number of ether oxygens (including phenoxy) is 1. The van der Waals surface area contributed by atoms with Crippen LogP contribution in [0.15, 0.2) is 30.3 Å². The maximum Gasteiger partial charge on any atom is 0.338 e. The van der Waals surface area contributed by atoms with E-state index in [0.29, 0.717) is 21.4 Å². The van der Waals surface area contributed by atoms with Crippen LogP contribution >= 0.6 is 11.3 Å². The highest BCUT2D eigenvalue weighted by molar-refractivity contribution is 7.22. The topological polar surface area (TPSA) is 123 Å². The molecule has 162 valence electrons. The van der Waals surface area contributed by atoms with Crippen molar-refractivity contribution in [3.05, 3.63) is 53.3 Å². The fourth-order valence-electron chi connectivity index (χ4n) is 2.48. The molecule has 1 atom stereocenters. The van der Waals surface area contributed by atoms with E-state index in [1.807, 2.05) is 5.32 Å². The lowest BCUT2D eigenvalue weighted by molar-refractivity contribution is -0.130. The van der Waals surface area contributed by atoms with Gasteiger partial charge < -0.3 is 21.1 Å². The SMILES string of the molecule is CC(OC(=O)c1ccc2nc(N)sc2c1)C(=O)NCC(=O)Nc1ccc(F)c(F)c1F. The van der Waals surface area contributed by atoms with E-state index >= 15 is 0 Å². The fraction of sp³-hybridized carbons (Fsp3) is 0.158. The Labute approximate surface area is 177 Å². The number of esters is 1. The molecule has 1 aromatic heterocycles. The molecule has 0 aliphatic carbocycles. The molecular weight excluding hydrogens is 437 g/mol. The molecule has 0 fully saturated rings. The van der Waals surface area contributed by atoms with Gasteiger partial charge in [-0.1, -0.05) is 11.3 Å². The first-order valence-electron chi connectivity index (χ1n) is 8.74. The largest absolute Gasteiger partial charge is 0.449 e. The van der Waals surface area contributed by atoms with Gasteiger partial charge in [-0.2, -0.15) is 0 Å². The van der Waals surface area contributed by atoms with Gasteiger partial charge in [0.15, 0.2) is 28.7 Å². The lowest BCUT2D eigenvalue weighted by Crippen LogP contribution is -2.40. The number of nitrogens with one attached hydrogen (secondary N) is 2. The molecule has 1 heterocycles. The van der Waals surface area contributed by atoms with Gasteiger partial charge in [0, 0.05) is 0 Å². The molecule has 0 radical (unpaired) electrons. The molecule has 2 amide bonds. The van der Waals surface area contributed by atoms with Gasteiger partial charge in [-0.15, -0.1) is 0 Å². The lowest BCUT2D eigenvalue weighted by Gasteiger charge is -2.14. The highest BCUT2D eigenvalue weighted by Crippen LogP contribution is 2.25. The molecular formula is C19H15F3N4O4S. The Morgan fingerprint density at radius 1 is 1.16 bits per heavy atom. The first-order chi connectivity index (χ1) is 14.7. The van der Waals surface area contributed by atoms with Crippen molar-refractivity contribution in [1.29, 1.82) is 0 Å². The summed E-state index contributed by atoms with van der Waals surface area (Å²) in [5.41, 5.74) is 5.83. The Morgan fingerprint density at radius 3 is 2.65 bits per heavy atom. The molecule has 0 saturated carbocycles. The van der Waals surface area contributed by atoms with Crippen molar-refractivity contribution in [3.8, 4) is 0 Å². The second kappa shape index (κ2) is 9.00. The first kappa shape index (κ1) is 22.0. The zero-order valence-corrected chi connectivity index (χ0v) is 16.7. The molecule has 1 unspecified atom stereocenters. The quantitative estimate of drug-likeness (QED) is 0.390. The number of hydrogen-bond acceptors (Lipinski definition) is 7. The van der Waals surface area contributed by atoms with Crippen molar-refractivity contribution < 1.29 is 32.3 Å². The highest BCUT2D eigenvalue weighted by Gasteiger charge is 2.21. The van der Waals surface area contributed by atoms with Crippen molar-refractivity contribution in [1.82, 2.24) is 10.3 Å². The predicted molar refractivity (Wildman–Crippen MR) is 107 cm³/mol. The average molecular weight is 452 g/mol. The molecule has 0 saturated heterocycles. The Balaban J connectivity index is 1.53.